The van der Waals surface area contributed by atoms with Crippen LogP contribution in [0.3, 0.4) is 0 Å². The van der Waals surface area contributed by atoms with E-state index in [0.29, 0.717) is 23.5 Å². The van der Waals surface area contributed by atoms with Crippen molar-refractivity contribution < 1.29 is 18.3 Å². The van der Waals surface area contributed by atoms with Gasteiger partial charge in [-0.25, -0.2) is 13.8 Å². The number of rotatable bonds is 7. The molecule has 0 aliphatic carbocycles. The Morgan fingerprint density at radius 1 is 0.744 bits per heavy atom. The zero-order valence-electron chi connectivity index (χ0n) is 23.9. The Balaban J connectivity index is 1.14. The van der Waals surface area contributed by atoms with Crippen LogP contribution in [0.2, 0.25) is 0 Å². The van der Waals surface area contributed by atoms with Crippen molar-refractivity contribution in [2.45, 2.75) is 30.2 Å². The Hall–Kier alpha value is -4.36. The van der Waals surface area contributed by atoms with Crippen LogP contribution in [0.25, 0.3) is 0 Å². The number of fused-ring (bicyclic) bond motifs is 2. The molecule has 1 amide bonds. The van der Waals surface area contributed by atoms with Crippen LogP contribution in [0.5, 0.6) is 5.75 Å². The lowest BCUT2D eigenvalue weighted by Crippen LogP contribution is -2.45. The van der Waals surface area contributed by atoms with Gasteiger partial charge in [-0.05, 0) is 80.4 Å². The third kappa shape index (κ3) is 4.82. The molecule has 0 radical (unpaired) electrons. The van der Waals surface area contributed by atoms with Gasteiger partial charge in [0.15, 0.2) is 5.54 Å². The van der Waals surface area contributed by atoms with Gasteiger partial charge in [0.2, 0.25) is 0 Å². The maximum absolute atomic E-state index is 14.5. The molecule has 1 spiro atoms. The Morgan fingerprint density at radius 2 is 1.35 bits per heavy atom. The van der Waals surface area contributed by atoms with Gasteiger partial charge in [-0.2, -0.15) is 0 Å². The molecule has 3 aliphatic heterocycles. The lowest BCUT2D eigenvalue weighted by atomic mass is 9.74. The summed E-state index contributed by atoms with van der Waals surface area (Å²) < 4.78 is 34.0. The molecular formula is C36H33F2N3O2. The molecule has 3 heterocycles. The topological polar surface area (TPSA) is 45.1 Å². The number of carbonyl (C=O) groups excluding carboxylic acids is 1. The third-order valence-electron chi connectivity index (χ3n) is 9.27. The van der Waals surface area contributed by atoms with Gasteiger partial charge in [0.1, 0.15) is 23.2 Å². The van der Waals surface area contributed by atoms with Crippen LogP contribution in [-0.4, -0.2) is 54.3 Å². The summed E-state index contributed by atoms with van der Waals surface area (Å²) in [4.78, 5) is 23.9. The van der Waals surface area contributed by atoms with Gasteiger partial charge in [-0.15, -0.1) is 0 Å². The second-order valence-corrected chi connectivity index (χ2v) is 11.7. The van der Waals surface area contributed by atoms with Crippen LogP contribution in [0, 0.1) is 11.6 Å². The highest BCUT2D eigenvalue weighted by atomic mass is 19.1. The summed E-state index contributed by atoms with van der Waals surface area (Å²) in [7, 11) is 0. The molecule has 0 saturated carbocycles. The van der Waals surface area contributed by atoms with Gasteiger partial charge >= 0.3 is 0 Å². The van der Waals surface area contributed by atoms with Crippen molar-refractivity contribution in [3.63, 3.8) is 0 Å². The van der Waals surface area contributed by atoms with Crippen LogP contribution in [0.4, 0.5) is 8.78 Å². The Bertz CT molecular complexity index is 1600. The van der Waals surface area contributed by atoms with E-state index in [4.69, 9.17) is 9.73 Å². The second-order valence-electron chi connectivity index (χ2n) is 11.7. The average molecular weight is 578 g/mol. The van der Waals surface area contributed by atoms with E-state index < -0.39 is 17.2 Å². The first kappa shape index (κ1) is 27.5. The van der Waals surface area contributed by atoms with Crippen molar-refractivity contribution in [3.8, 4) is 5.75 Å². The summed E-state index contributed by atoms with van der Waals surface area (Å²) in [6.07, 6.45) is 2.85. The Morgan fingerprint density at radius 3 is 2.00 bits per heavy atom. The predicted molar refractivity (Wildman–Crippen MR) is 162 cm³/mol. The van der Waals surface area contributed by atoms with Crippen molar-refractivity contribution in [2.75, 3.05) is 32.8 Å². The maximum atomic E-state index is 14.5. The third-order valence-corrected chi connectivity index (χ3v) is 9.27. The number of likely N-dealkylation sites (tertiary alicyclic amines) is 1. The summed E-state index contributed by atoms with van der Waals surface area (Å²) in [6, 6.07) is 29.8. The molecule has 3 aliphatic rings. The molecule has 4 aromatic rings. The summed E-state index contributed by atoms with van der Waals surface area (Å²) in [5, 5.41) is 0. The molecule has 43 heavy (non-hydrogen) atoms. The van der Waals surface area contributed by atoms with Gasteiger partial charge in [-0.3, -0.25) is 9.69 Å². The zero-order chi connectivity index (χ0) is 29.4. The number of piperidine rings is 1. The van der Waals surface area contributed by atoms with E-state index in [1.807, 2.05) is 36.4 Å². The summed E-state index contributed by atoms with van der Waals surface area (Å²) in [5.41, 5.74) is 1.89. The predicted octanol–water partition coefficient (Wildman–Crippen LogP) is 6.31. The van der Waals surface area contributed by atoms with E-state index in [-0.39, 0.29) is 11.3 Å². The average Bonchev–Trinajstić information content (AvgIpc) is 3.55. The van der Waals surface area contributed by atoms with Crippen LogP contribution in [0.1, 0.15) is 41.5 Å². The fourth-order valence-electron chi connectivity index (χ4n) is 6.89. The number of halogens is 2. The van der Waals surface area contributed by atoms with E-state index in [2.05, 4.69) is 23.1 Å². The van der Waals surface area contributed by atoms with Crippen molar-refractivity contribution in [2.24, 2.45) is 4.99 Å². The molecule has 5 nitrogen and oxygen atoms in total. The quantitative estimate of drug-likeness (QED) is 0.259. The van der Waals surface area contributed by atoms with Crippen LogP contribution in [-0.2, 0) is 15.7 Å². The first-order valence-corrected chi connectivity index (χ1v) is 14.9. The van der Waals surface area contributed by atoms with Crippen molar-refractivity contribution in [1.82, 2.24) is 9.80 Å². The fraction of sp³-hybridized carbons (Fsp3) is 0.278. The number of para-hydroxylation sites is 1. The standard InChI is InChI=1S/C36H33F2N3O2/c37-29-15-11-27(12-16-29)36(28-13-17-30(38)18-14-28)34(42)41(33(39-36)26-7-2-1-3-8-26)22-6-21-40-23-19-35(20-24-40)25-43-32-10-5-4-9-31(32)35/h1-5,7-18H,6,19-25H2. The maximum Gasteiger partial charge on any atom is 0.265 e. The molecule has 1 saturated heterocycles. The number of hydrogen-bond donors (Lipinski definition) is 0. The number of nitrogens with zero attached hydrogens (tertiary/aromatic N) is 3. The minimum atomic E-state index is -1.44. The zero-order valence-corrected chi connectivity index (χ0v) is 23.9. The monoisotopic (exact) mass is 577 g/mol. The van der Waals surface area contributed by atoms with Gasteiger partial charge in [0.05, 0.1) is 6.61 Å². The molecule has 4 aromatic carbocycles. The normalized spacial score (nSPS) is 18.9. The molecule has 0 bridgehead atoms. The van der Waals surface area contributed by atoms with Gasteiger partial charge in [0, 0.05) is 23.1 Å². The lowest BCUT2D eigenvalue weighted by molar-refractivity contribution is -0.130. The number of amidine groups is 1. The fourth-order valence-corrected chi connectivity index (χ4v) is 6.89. The van der Waals surface area contributed by atoms with Crippen molar-refractivity contribution in [1.29, 1.82) is 0 Å². The highest BCUT2D eigenvalue weighted by molar-refractivity contribution is 6.16. The van der Waals surface area contributed by atoms with E-state index in [1.165, 1.54) is 29.8 Å². The number of ether oxygens (including phenoxy) is 1. The molecule has 0 aromatic heterocycles. The summed E-state index contributed by atoms with van der Waals surface area (Å²) in [5.74, 6) is 0.563. The highest BCUT2D eigenvalue weighted by Crippen LogP contribution is 2.45. The van der Waals surface area contributed by atoms with E-state index in [0.717, 1.165) is 56.8 Å². The van der Waals surface area contributed by atoms with E-state index >= 15 is 0 Å². The Kier molecular flexibility index (Phi) is 7.06. The lowest BCUT2D eigenvalue weighted by Gasteiger charge is -2.38. The number of carbonyl (C=O) groups is 1. The number of amides is 1. The van der Waals surface area contributed by atoms with Gasteiger partial charge < -0.3 is 9.64 Å². The van der Waals surface area contributed by atoms with Crippen LogP contribution >= 0.6 is 0 Å². The SMILES string of the molecule is O=C1N(CCCN2CCC3(CC2)COc2ccccc23)C(c2ccccc2)=NC1(c1ccc(F)cc1)c1ccc(F)cc1. The van der Waals surface area contributed by atoms with E-state index in [9.17, 15) is 13.6 Å². The molecule has 218 valence electrons. The van der Waals surface area contributed by atoms with E-state index in [1.54, 1.807) is 29.2 Å². The van der Waals surface area contributed by atoms with Crippen molar-refractivity contribution >= 4 is 11.7 Å². The van der Waals surface area contributed by atoms with Gasteiger partial charge in [-0.1, -0.05) is 72.8 Å². The molecule has 7 rings (SSSR count). The minimum Gasteiger partial charge on any atom is -0.492 e. The summed E-state index contributed by atoms with van der Waals surface area (Å²) in [6.45, 7) is 4.02. The largest absolute Gasteiger partial charge is 0.492 e. The van der Waals surface area contributed by atoms with Gasteiger partial charge in [0.25, 0.3) is 5.91 Å². The minimum absolute atomic E-state index is 0.0923. The van der Waals surface area contributed by atoms with Crippen molar-refractivity contribution in [3.05, 3.63) is 137 Å². The number of aliphatic imine (C=N–C) groups is 1. The molecule has 0 unspecified atom stereocenters. The number of benzene rings is 4. The molecular weight excluding hydrogens is 544 g/mol. The molecule has 7 heteroatoms. The molecule has 0 atom stereocenters. The second kappa shape index (κ2) is 11.0. The van der Waals surface area contributed by atoms with Crippen LogP contribution in [0.15, 0.2) is 108 Å². The highest BCUT2D eigenvalue weighted by Gasteiger charge is 2.51. The smallest absolute Gasteiger partial charge is 0.265 e. The Labute approximate surface area is 250 Å². The summed E-state index contributed by atoms with van der Waals surface area (Å²) >= 11 is 0. The molecule has 0 N–H and O–H groups in total. The van der Waals surface area contributed by atoms with Crippen LogP contribution < -0.4 is 4.74 Å². The molecule has 1 fully saturated rings. The first-order valence-electron chi connectivity index (χ1n) is 14.9. The first-order chi connectivity index (χ1) is 21.0. The number of hydrogen-bond acceptors (Lipinski definition) is 4.